The predicted octanol–water partition coefficient (Wildman–Crippen LogP) is 2.10. The number of anilines is 1. The summed E-state index contributed by atoms with van der Waals surface area (Å²) in [6.07, 6.45) is 1.35. The molecule has 25 heavy (non-hydrogen) atoms. The molecule has 0 aliphatic heterocycles. The zero-order chi connectivity index (χ0) is 17.8. The second-order valence-electron chi connectivity index (χ2n) is 5.05. The number of hydrogen-bond acceptors (Lipinski definition) is 7. The minimum Gasteiger partial charge on any atom is -0.496 e. The van der Waals surface area contributed by atoms with Gasteiger partial charge in [0.2, 0.25) is 0 Å². The van der Waals surface area contributed by atoms with Crippen molar-refractivity contribution < 1.29 is 14.3 Å². The standard InChI is InChI=1S/C17H17N5O3/c1-3-25-17(23)12-10-19-22(16(12)18)15-9-8-13(20-21-15)11-6-4-5-7-14(11)24-2/h4-10H,3,18H2,1-2H3. The molecule has 0 radical (unpaired) electrons. The Balaban J connectivity index is 1.92. The molecule has 8 heteroatoms. The Kier molecular flexibility index (Phi) is 4.60. The van der Waals surface area contributed by atoms with Crippen molar-refractivity contribution in [1.82, 2.24) is 20.0 Å². The molecule has 0 saturated carbocycles. The largest absolute Gasteiger partial charge is 0.496 e. The first-order valence-corrected chi connectivity index (χ1v) is 7.63. The number of hydrogen-bond donors (Lipinski definition) is 1. The van der Waals surface area contributed by atoms with Crippen molar-refractivity contribution in [2.24, 2.45) is 0 Å². The number of ether oxygens (including phenoxy) is 2. The van der Waals surface area contributed by atoms with E-state index in [0.29, 0.717) is 17.3 Å². The molecule has 0 bridgehead atoms. The average Bonchev–Trinajstić information content (AvgIpc) is 3.03. The molecule has 3 aromatic rings. The molecule has 0 unspecified atom stereocenters. The summed E-state index contributed by atoms with van der Waals surface area (Å²) in [5.41, 5.74) is 7.64. The van der Waals surface area contributed by atoms with Gasteiger partial charge in [0.15, 0.2) is 5.82 Å². The van der Waals surface area contributed by atoms with Gasteiger partial charge in [-0.15, -0.1) is 10.2 Å². The fourth-order valence-electron chi connectivity index (χ4n) is 2.34. The van der Waals surface area contributed by atoms with Gasteiger partial charge in [0.1, 0.15) is 17.1 Å². The summed E-state index contributed by atoms with van der Waals surface area (Å²) in [4.78, 5) is 11.8. The van der Waals surface area contributed by atoms with E-state index in [1.54, 1.807) is 26.2 Å². The number of methoxy groups -OCH3 is 1. The van der Waals surface area contributed by atoms with Crippen molar-refractivity contribution in [2.75, 3.05) is 19.5 Å². The van der Waals surface area contributed by atoms with Crippen LogP contribution < -0.4 is 10.5 Å². The monoisotopic (exact) mass is 339 g/mol. The summed E-state index contributed by atoms with van der Waals surface area (Å²) in [5, 5.41) is 12.4. The van der Waals surface area contributed by atoms with Gasteiger partial charge in [-0.2, -0.15) is 9.78 Å². The third-order valence-corrected chi connectivity index (χ3v) is 3.55. The third-order valence-electron chi connectivity index (χ3n) is 3.55. The van der Waals surface area contributed by atoms with Crippen LogP contribution in [0.5, 0.6) is 5.75 Å². The second-order valence-corrected chi connectivity index (χ2v) is 5.05. The first-order chi connectivity index (χ1) is 12.2. The summed E-state index contributed by atoms with van der Waals surface area (Å²) in [6, 6.07) is 11.0. The molecule has 0 aliphatic carbocycles. The number of carbonyl (C=O) groups excluding carboxylic acids is 1. The van der Waals surface area contributed by atoms with E-state index in [4.69, 9.17) is 15.2 Å². The minimum absolute atomic E-state index is 0.151. The van der Waals surface area contributed by atoms with Crippen LogP contribution in [-0.4, -0.2) is 39.7 Å². The summed E-state index contributed by atoms with van der Waals surface area (Å²) in [6.45, 7) is 1.98. The topological polar surface area (TPSA) is 105 Å². The number of para-hydroxylation sites is 1. The first-order valence-electron chi connectivity index (χ1n) is 7.63. The fraction of sp³-hybridized carbons (Fsp3) is 0.176. The molecule has 0 saturated heterocycles. The fourth-order valence-corrected chi connectivity index (χ4v) is 2.34. The number of benzene rings is 1. The van der Waals surface area contributed by atoms with Gasteiger partial charge in [-0.3, -0.25) is 0 Å². The Labute approximate surface area is 144 Å². The predicted molar refractivity (Wildman–Crippen MR) is 91.5 cm³/mol. The van der Waals surface area contributed by atoms with Crippen LogP contribution in [0, 0.1) is 0 Å². The summed E-state index contributed by atoms with van der Waals surface area (Å²) >= 11 is 0. The van der Waals surface area contributed by atoms with Gasteiger partial charge in [-0.1, -0.05) is 12.1 Å². The molecule has 0 spiro atoms. The van der Waals surface area contributed by atoms with Crippen LogP contribution in [-0.2, 0) is 4.74 Å². The highest BCUT2D eigenvalue weighted by atomic mass is 16.5. The van der Waals surface area contributed by atoms with Crippen LogP contribution in [0.2, 0.25) is 0 Å². The van der Waals surface area contributed by atoms with Gasteiger partial charge in [-0.25, -0.2) is 4.79 Å². The van der Waals surface area contributed by atoms with E-state index >= 15 is 0 Å². The molecule has 2 heterocycles. The molecule has 8 nitrogen and oxygen atoms in total. The van der Waals surface area contributed by atoms with Crippen LogP contribution in [0.15, 0.2) is 42.6 Å². The Morgan fingerprint density at radius 2 is 2.00 bits per heavy atom. The van der Waals surface area contributed by atoms with Crippen molar-refractivity contribution in [3.8, 4) is 22.8 Å². The molecule has 0 amide bonds. The Hall–Kier alpha value is -3.42. The second kappa shape index (κ2) is 7.00. The number of nitrogens with zero attached hydrogens (tertiary/aromatic N) is 4. The van der Waals surface area contributed by atoms with Crippen LogP contribution in [0.25, 0.3) is 17.1 Å². The number of aromatic nitrogens is 4. The molecule has 2 N–H and O–H groups in total. The highest BCUT2D eigenvalue weighted by Gasteiger charge is 2.18. The van der Waals surface area contributed by atoms with E-state index in [9.17, 15) is 4.79 Å². The van der Waals surface area contributed by atoms with Crippen molar-refractivity contribution in [2.45, 2.75) is 6.92 Å². The summed E-state index contributed by atoms with van der Waals surface area (Å²) in [7, 11) is 1.60. The maximum absolute atomic E-state index is 11.8. The molecule has 0 aliphatic rings. The molecular formula is C17H17N5O3. The van der Waals surface area contributed by atoms with Gasteiger partial charge in [-0.05, 0) is 31.2 Å². The van der Waals surface area contributed by atoms with Gasteiger partial charge in [0.05, 0.1) is 25.6 Å². The average molecular weight is 339 g/mol. The minimum atomic E-state index is -0.523. The smallest absolute Gasteiger partial charge is 0.343 e. The number of carbonyl (C=O) groups is 1. The van der Waals surface area contributed by atoms with Gasteiger partial charge in [0.25, 0.3) is 0 Å². The van der Waals surface area contributed by atoms with Crippen LogP contribution in [0.4, 0.5) is 5.82 Å². The number of rotatable bonds is 5. The van der Waals surface area contributed by atoms with Gasteiger partial charge >= 0.3 is 5.97 Å². The lowest BCUT2D eigenvalue weighted by Gasteiger charge is -2.08. The summed E-state index contributed by atoms with van der Waals surface area (Å²) in [5.74, 6) is 0.724. The first kappa shape index (κ1) is 16.4. The van der Waals surface area contributed by atoms with E-state index in [1.807, 2.05) is 24.3 Å². The normalized spacial score (nSPS) is 10.5. The van der Waals surface area contributed by atoms with Crippen LogP contribution >= 0.6 is 0 Å². The highest BCUT2D eigenvalue weighted by molar-refractivity contribution is 5.94. The van der Waals surface area contributed by atoms with E-state index in [2.05, 4.69) is 15.3 Å². The summed E-state index contributed by atoms with van der Waals surface area (Å²) < 4.78 is 11.6. The number of nitrogen functional groups attached to an aromatic ring is 1. The highest BCUT2D eigenvalue weighted by Crippen LogP contribution is 2.28. The van der Waals surface area contributed by atoms with E-state index in [0.717, 1.165) is 5.56 Å². The van der Waals surface area contributed by atoms with Crippen molar-refractivity contribution >= 4 is 11.8 Å². The van der Waals surface area contributed by atoms with Gasteiger partial charge in [0, 0.05) is 5.56 Å². The molecule has 128 valence electrons. The number of nitrogens with two attached hydrogens (primary N) is 1. The quantitative estimate of drug-likeness (QED) is 0.710. The van der Waals surface area contributed by atoms with Crippen molar-refractivity contribution in [1.29, 1.82) is 0 Å². The lowest BCUT2D eigenvalue weighted by atomic mass is 10.1. The third kappa shape index (κ3) is 3.14. The molecular weight excluding hydrogens is 322 g/mol. The lowest BCUT2D eigenvalue weighted by Crippen LogP contribution is -2.10. The Morgan fingerprint density at radius 1 is 1.20 bits per heavy atom. The van der Waals surface area contributed by atoms with E-state index in [1.165, 1.54) is 10.9 Å². The van der Waals surface area contributed by atoms with Crippen LogP contribution in [0.3, 0.4) is 0 Å². The number of esters is 1. The maximum Gasteiger partial charge on any atom is 0.343 e. The Bertz CT molecular complexity index is 890. The molecule has 3 rings (SSSR count). The van der Waals surface area contributed by atoms with Gasteiger partial charge < -0.3 is 15.2 Å². The molecule has 0 atom stereocenters. The maximum atomic E-state index is 11.8. The van der Waals surface area contributed by atoms with Crippen LogP contribution in [0.1, 0.15) is 17.3 Å². The molecule has 0 fully saturated rings. The van der Waals surface area contributed by atoms with E-state index < -0.39 is 5.97 Å². The lowest BCUT2D eigenvalue weighted by molar-refractivity contribution is 0.0527. The van der Waals surface area contributed by atoms with E-state index in [-0.39, 0.29) is 18.0 Å². The SMILES string of the molecule is CCOC(=O)c1cnn(-c2ccc(-c3ccccc3OC)nn2)c1N. The van der Waals surface area contributed by atoms with Crippen molar-refractivity contribution in [3.63, 3.8) is 0 Å². The van der Waals surface area contributed by atoms with Crippen molar-refractivity contribution in [3.05, 3.63) is 48.2 Å². The zero-order valence-electron chi connectivity index (χ0n) is 13.8. The molecule has 2 aromatic heterocycles. The Morgan fingerprint density at radius 3 is 2.68 bits per heavy atom. The molecule has 1 aromatic carbocycles. The zero-order valence-corrected chi connectivity index (χ0v) is 13.8.